The monoisotopic (exact) mass is 339 g/mol. The fourth-order valence-corrected chi connectivity index (χ4v) is 3.87. The normalized spacial score (nSPS) is 12.1. The fraction of sp³-hybridized carbons (Fsp3) is 0.200. The number of nitrogens with one attached hydrogen (secondary N) is 1. The lowest BCUT2D eigenvalue weighted by atomic mass is 10.1. The SMILES string of the molecule is Cc1cccc(C)c1NS(=O)(=O)c1ccc(S(C)(=O)=O)cc1. The van der Waals surface area contributed by atoms with Gasteiger partial charge in [-0.3, -0.25) is 4.72 Å². The summed E-state index contributed by atoms with van der Waals surface area (Å²) in [5, 5.41) is 0. The Labute approximate surface area is 131 Å². The molecule has 7 heteroatoms. The highest BCUT2D eigenvalue weighted by Gasteiger charge is 2.17. The zero-order chi connectivity index (χ0) is 16.5. The van der Waals surface area contributed by atoms with Crippen molar-refractivity contribution in [3.8, 4) is 0 Å². The van der Waals surface area contributed by atoms with Gasteiger partial charge in [0.1, 0.15) is 0 Å². The van der Waals surface area contributed by atoms with Gasteiger partial charge in [0, 0.05) is 6.26 Å². The minimum absolute atomic E-state index is 0.0163. The Morgan fingerprint density at radius 3 is 1.68 bits per heavy atom. The lowest BCUT2D eigenvalue weighted by Crippen LogP contribution is -2.14. The summed E-state index contributed by atoms with van der Waals surface area (Å²) in [5.74, 6) is 0. The lowest BCUT2D eigenvalue weighted by molar-refractivity contribution is 0.597. The van der Waals surface area contributed by atoms with E-state index in [1.807, 2.05) is 32.0 Å². The van der Waals surface area contributed by atoms with Crippen LogP contribution in [0.5, 0.6) is 0 Å². The van der Waals surface area contributed by atoms with Crippen LogP contribution in [0.25, 0.3) is 0 Å². The van der Waals surface area contributed by atoms with E-state index in [1.54, 1.807) is 0 Å². The number of para-hydroxylation sites is 1. The third-order valence-electron chi connectivity index (χ3n) is 3.28. The molecule has 5 nitrogen and oxygen atoms in total. The topological polar surface area (TPSA) is 80.3 Å². The van der Waals surface area contributed by atoms with E-state index in [9.17, 15) is 16.8 Å². The highest BCUT2D eigenvalue weighted by atomic mass is 32.2. The van der Waals surface area contributed by atoms with Gasteiger partial charge in [-0.05, 0) is 49.2 Å². The van der Waals surface area contributed by atoms with Gasteiger partial charge in [0.05, 0.1) is 15.5 Å². The molecule has 0 atom stereocenters. The molecule has 0 unspecified atom stereocenters. The average molecular weight is 339 g/mol. The molecule has 2 aromatic carbocycles. The molecular formula is C15H17NO4S2. The van der Waals surface area contributed by atoms with E-state index in [-0.39, 0.29) is 9.79 Å². The van der Waals surface area contributed by atoms with Gasteiger partial charge >= 0.3 is 0 Å². The highest BCUT2D eigenvalue weighted by molar-refractivity contribution is 7.92. The van der Waals surface area contributed by atoms with Crippen molar-refractivity contribution in [1.29, 1.82) is 0 Å². The van der Waals surface area contributed by atoms with Gasteiger partial charge in [0.2, 0.25) is 0 Å². The maximum absolute atomic E-state index is 12.4. The van der Waals surface area contributed by atoms with Crippen LogP contribution < -0.4 is 4.72 Å². The molecule has 0 aliphatic heterocycles. The fourth-order valence-electron chi connectivity index (χ4n) is 2.03. The predicted octanol–water partition coefficient (Wildman–Crippen LogP) is 2.51. The Morgan fingerprint density at radius 2 is 1.23 bits per heavy atom. The number of anilines is 1. The molecule has 0 bridgehead atoms. The molecule has 0 aliphatic carbocycles. The van der Waals surface area contributed by atoms with Crippen LogP contribution in [-0.2, 0) is 19.9 Å². The summed E-state index contributed by atoms with van der Waals surface area (Å²) in [5.41, 5.74) is 2.17. The summed E-state index contributed by atoms with van der Waals surface area (Å²) >= 11 is 0. The smallest absolute Gasteiger partial charge is 0.261 e. The first-order valence-corrected chi connectivity index (χ1v) is 9.88. The minimum atomic E-state index is -3.77. The Balaban J connectivity index is 2.39. The number of aryl methyl sites for hydroxylation is 2. The Kier molecular flexibility index (Phi) is 4.30. The maximum atomic E-state index is 12.4. The molecule has 0 heterocycles. The van der Waals surface area contributed by atoms with Crippen LogP contribution >= 0.6 is 0 Å². The van der Waals surface area contributed by atoms with Crippen molar-refractivity contribution in [2.45, 2.75) is 23.6 Å². The quantitative estimate of drug-likeness (QED) is 0.928. The molecule has 0 saturated carbocycles. The van der Waals surface area contributed by atoms with Crippen LogP contribution in [0.1, 0.15) is 11.1 Å². The number of rotatable bonds is 4. The van der Waals surface area contributed by atoms with Crippen molar-refractivity contribution in [3.05, 3.63) is 53.6 Å². The second-order valence-corrected chi connectivity index (χ2v) is 8.81. The van der Waals surface area contributed by atoms with Crippen LogP contribution in [-0.4, -0.2) is 23.1 Å². The van der Waals surface area contributed by atoms with Crippen molar-refractivity contribution in [1.82, 2.24) is 0 Å². The summed E-state index contributed by atoms with van der Waals surface area (Å²) in [6.45, 7) is 3.63. The van der Waals surface area contributed by atoms with E-state index in [1.165, 1.54) is 24.3 Å². The van der Waals surface area contributed by atoms with Crippen LogP contribution in [0.3, 0.4) is 0 Å². The molecule has 2 aromatic rings. The molecule has 0 saturated heterocycles. The zero-order valence-corrected chi connectivity index (χ0v) is 14.1. The third-order valence-corrected chi connectivity index (χ3v) is 5.77. The molecule has 0 fully saturated rings. The molecule has 22 heavy (non-hydrogen) atoms. The van der Waals surface area contributed by atoms with Gasteiger partial charge in [-0.25, -0.2) is 16.8 Å². The second-order valence-electron chi connectivity index (χ2n) is 5.12. The number of sulfonamides is 1. The van der Waals surface area contributed by atoms with Crippen LogP contribution in [0.2, 0.25) is 0 Å². The minimum Gasteiger partial charge on any atom is -0.279 e. The maximum Gasteiger partial charge on any atom is 0.261 e. The van der Waals surface area contributed by atoms with Crippen LogP contribution in [0.15, 0.2) is 52.3 Å². The standard InChI is InChI=1S/C15H17NO4S2/c1-11-5-4-6-12(2)15(11)16-22(19,20)14-9-7-13(8-10-14)21(3,17)18/h4-10,16H,1-3H3. The molecule has 0 aliphatic rings. The molecule has 0 spiro atoms. The molecule has 1 N–H and O–H groups in total. The van der Waals surface area contributed by atoms with Crippen molar-refractivity contribution in [2.75, 3.05) is 11.0 Å². The van der Waals surface area contributed by atoms with Crippen molar-refractivity contribution in [3.63, 3.8) is 0 Å². The Morgan fingerprint density at radius 1 is 0.773 bits per heavy atom. The van der Waals surface area contributed by atoms with Gasteiger partial charge in [-0.15, -0.1) is 0 Å². The Bertz CT molecular complexity index is 879. The van der Waals surface area contributed by atoms with E-state index in [0.29, 0.717) is 5.69 Å². The summed E-state index contributed by atoms with van der Waals surface area (Å²) < 4.78 is 50.2. The number of hydrogen-bond donors (Lipinski definition) is 1. The van der Waals surface area contributed by atoms with Gasteiger partial charge in [0.25, 0.3) is 10.0 Å². The van der Waals surface area contributed by atoms with E-state index < -0.39 is 19.9 Å². The molecule has 0 amide bonds. The first-order valence-electron chi connectivity index (χ1n) is 6.50. The third kappa shape index (κ3) is 3.48. The molecule has 118 valence electrons. The summed E-state index contributed by atoms with van der Waals surface area (Å²) in [6, 6.07) is 10.6. The molecule has 2 rings (SSSR count). The average Bonchev–Trinajstić information content (AvgIpc) is 2.42. The summed E-state index contributed by atoms with van der Waals surface area (Å²) in [4.78, 5) is 0.0982. The first-order chi connectivity index (χ1) is 10.1. The Hall–Kier alpha value is -1.86. The summed E-state index contributed by atoms with van der Waals surface area (Å²) in [7, 11) is -7.12. The van der Waals surface area contributed by atoms with Crippen LogP contribution in [0.4, 0.5) is 5.69 Å². The largest absolute Gasteiger partial charge is 0.279 e. The van der Waals surface area contributed by atoms with Gasteiger partial charge in [0.15, 0.2) is 9.84 Å². The van der Waals surface area contributed by atoms with Crippen molar-refractivity contribution in [2.24, 2.45) is 0 Å². The second kappa shape index (κ2) is 5.73. The van der Waals surface area contributed by atoms with Gasteiger partial charge < -0.3 is 0 Å². The van der Waals surface area contributed by atoms with Crippen molar-refractivity contribution < 1.29 is 16.8 Å². The van der Waals surface area contributed by atoms with Crippen molar-refractivity contribution >= 4 is 25.5 Å². The number of hydrogen-bond acceptors (Lipinski definition) is 4. The zero-order valence-electron chi connectivity index (χ0n) is 12.5. The van der Waals surface area contributed by atoms with Crippen LogP contribution in [0, 0.1) is 13.8 Å². The lowest BCUT2D eigenvalue weighted by Gasteiger charge is -2.13. The van der Waals surface area contributed by atoms with E-state index >= 15 is 0 Å². The number of benzene rings is 2. The molecule has 0 aromatic heterocycles. The van der Waals surface area contributed by atoms with E-state index in [2.05, 4.69) is 4.72 Å². The molecular weight excluding hydrogens is 322 g/mol. The summed E-state index contributed by atoms with van der Waals surface area (Å²) in [6.07, 6.45) is 1.07. The molecule has 0 radical (unpaired) electrons. The van der Waals surface area contributed by atoms with E-state index in [4.69, 9.17) is 0 Å². The van der Waals surface area contributed by atoms with E-state index in [0.717, 1.165) is 17.4 Å². The van der Waals surface area contributed by atoms with Gasteiger partial charge in [-0.1, -0.05) is 18.2 Å². The highest BCUT2D eigenvalue weighted by Crippen LogP contribution is 2.24. The number of sulfone groups is 1. The first kappa shape index (κ1) is 16.5. The predicted molar refractivity (Wildman–Crippen MR) is 86.3 cm³/mol. The van der Waals surface area contributed by atoms with Gasteiger partial charge in [-0.2, -0.15) is 0 Å².